The maximum Gasteiger partial charge on any atom is 0.471 e. The molecule has 2 rings (SSSR count). The van der Waals surface area contributed by atoms with Crippen molar-refractivity contribution in [2.75, 3.05) is 23.4 Å². The summed E-state index contributed by atoms with van der Waals surface area (Å²) in [6, 6.07) is 4.02. The first kappa shape index (κ1) is 15.1. The van der Waals surface area contributed by atoms with E-state index >= 15 is 0 Å². The second-order valence-corrected chi connectivity index (χ2v) is 4.47. The number of alkyl halides is 3. The number of carbonyl (C=O) groups is 2. The van der Waals surface area contributed by atoms with Gasteiger partial charge >= 0.3 is 12.1 Å². The van der Waals surface area contributed by atoms with Crippen LogP contribution >= 0.6 is 0 Å². The molecule has 114 valence electrons. The van der Waals surface area contributed by atoms with Crippen molar-refractivity contribution in [2.45, 2.75) is 19.5 Å². The maximum absolute atomic E-state index is 12.2. The third-order valence-corrected chi connectivity index (χ3v) is 2.86. The van der Waals surface area contributed by atoms with Gasteiger partial charge in [0.25, 0.3) is 5.91 Å². The van der Waals surface area contributed by atoms with E-state index in [0.29, 0.717) is 24.4 Å². The van der Waals surface area contributed by atoms with Crippen LogP contribution in [0.4, 0.5) is 24.5 Å². The number of hydrogen-bond acceptors (Lipinski definition) is 3. The number of nitrogens with one attached hydrogen (secondary N) is 1. The van der Waals surface area contributed by atoms with Gasteiger partial charge in [-0.2, -0.15) is 13.2 Å². The summed E-state index contributed by atoms with van der Waals surface area (Å²) >= 11 is 0. The van der Waals surface area contributed by atoms with Gasteiger partial charge in [0, 0.05) is 12.2 Å². The number of anilines is 2. The molecule has 1 heterocycles. The highest BCUT2D eigenvalue weighted by Crippen LogP contribution is 2.35. The molecule has 2 amide bonds. The van der Waals surface area contributed by atoms with Crippen molar-refractivity contribution in [1.82, 2.24) is 0 Å². The van der Waals surface area contributed by atoms with Crippen LogP contribution in [0.5, 0.6) is 5.75 Å². The van der Waals surface area contributed by atoms with Crippen LogP contribution in [-0.2, 0) is 9.59 Å². The van der Waals surface area contributed by atoms with E-state index in [0.717, 1.165) is 0 Å². The number of nitrogens with zero attached hydrogens (tertiary/aromatic N) is 1. The van der Waals surface area contributed by atoms with Gasteiger partial charge in [0.1, 0.15) is 5.75 Å². The van der Waals surface area contributed by atoms with Crippen molar-refractivity contribution in [3.05, 3.63) is 18.2 Å². The van der Waals surface area contributed by atoms with Crippen LogP contribution in [0.2, 0.25) is 0 Å². The second kappa shape index (κ2) is 5.63. The van der Waals surface area contributed by atoms with E-state index in [1.165, 1.54) is 23.1 Å². The summed E-state index contributed by atoms with van der Waals surface area (Å²) in [5.74, 6) is -1.94. The number of halogens is 3. The van der Waals surface area contributed by atoms with Crippen LogP contribution in [-0.4, -0.2) is 31.1 Å². The van der Waals surface area contributed by atoms with Gasteiger partial charge in [-0.1, -0.05) is 6.92 Å². The van der Waals surface area contributed by atoms with E-state index in [1.54, 1.807) is 5.32 Å². The zero-order valence-electron chi connectivity index (χ0n) is 11.2. The highest BCUT2D eigenvalue weighted by atomic mass is 19.4. The molecule has 0 fully saturated rings. The largest absolute Gasteiger partial charge is 0.482 e. The summed E-state index contributed by atoms with van der Waals surface area (Å²) in [6.07, 6.45) is -4.28. The molecule has 8 heteroatoms. The van der Waals surface area contributed by atoms with Gasteiger partial charge in [0.15, 0.2) is 6.61 Å². The Kier molecular flexibility index (Phi) is 4.06. The molecule has 0 bridgehead atoms. The minimum absolute atomic E-state index is 0.0459. The lowest BCUT2D eigenvalue weighted by atomic mass is 10.2. The Bertz CT molecular complexity index is 572. The van der Waals surface area contributed by atoms with E-state index in [2.05, 4.69) is 0 Å². The van der Waals surface area contributed by atoms with E-state index in [1.807, 2.05) is 6.92 Å². The molecule has 0 aliphatic carbocycles. The molecular weight excluding hydrogens is 289 g/mol. The molecule has 0 radical (unpaired) electrons. The quantitative estimate of drug-likeness (QED) is 0.932. The molecule has 1 aliphatic rings. The summed E-state index contributed by atoms with van der Waals surface area (Å²) in [4.78, 5) is 24.1. The minimum atomic E-state index is -4.97. The lowest BCUT2D eigenvalue weighted by molar-refractivity contribution is -0.167. The molecule has 1 N–H and O–H groups in total. The highest BCUT2D eigenvalue weighted by Gasteiger charge is 2.39. The van der Waals surface area contributed by atoms with Crippen molar-refractivity contribution < 1.29 is 27.5 Å². The van der Waals surface area contributed by atoms with Gasteiger partial charge in [-0.25, -0.2) is 0 Å². The lowest BCUT2D eigenvalue weighted by Crippen LogP contribution is -2.39. The fraction of sp³-hybridized carbons (Fsp3) is 0.385. The smallest absolute Gasteiger partial charge is 0.471 e. The van der Waals surface area contributed by atoms with Crippen molar-refractivity contribution in [1.29, 1.82) is 0 Å². The van der Waals surface area contributed by atoms with Crippen molar-refractivity contribution >= 4 is 23.2 Å². The van der Waals surface area contributed by atoms with Gasteiger partial charge in [-0.05, 0) is 24.6 Å². The average molecular weight is 302 g/mol. The van der Waals surface area contributed by atoms with E-state index in [9.17, 15) is 22.8 Å². The molecule has 1 aromatic carbocycles. The normalized spacial score (nSPS) is 14.5. The molecule has 0 unspecified atom stereocenters. The van der Waals surface area contributed by atoms with Gasteiger partial charge < -0.3 is 15.0 Å². The zero-order valence-corrected chi connectivity index (χ0v) is 11.2. The first-order valence-corrected chi connectivity index (χ1v) is 6.28. The summed E-state index contributed by atoms with van der Waals surface area (Å²) in [7, 11) is 0. The molecule has 0 saturated carbocycles. The summed E-state index contributed by atoms with van der Waals surface area (Å²) in [5, 5.41) is 1.75. The Morgan fingerprint density at radius 2 is 2.14 bits per heavy atom. The van der Waals surface area contributed by atoms with Crippen LogP contribution in [0.1, 0.15) is 13.3 Å². The van der Waals surface area contributed by atoms with Gasteiger partial charge in [0.05, 0.1) is 5.69 Å². The molecule has 0 atom stereocenters. The number of fused-ring (bicyclic) bond motifs is 1. The van der Waals surface area contributed by atoms with Crippen LogP contribution in [0.15, 0.2) is 18.2 Å². The minimum Gasteiger partial charge on any atom is -0.482 e. The number of carbonyl (C=O) groups excluding carboxylic acids is 2. The molecule has 0 spiro atoms. The Hall–Kier alpha value is -2.25. The zero-order chi connectivity index (χ0) is 15.6. The third kappa shape index (κ3) is 3.26. The monoisotopic (exact) mass is 302 g/mol. The standard InChI is InChI=1S/C13H13F3N2O3/c1-2-5-18-9-6-8(17-12(20)13(14,15)16)3-4-10(9)21-7-11(18)19/h3-4,6H,2,5,7H2,1H3,(H,17,20). The summed E-state index contributed by atoms with van der Waals surface area (Å²) < 4.78 is 41.9. The fourth-order valence-electron chi connectivity index (χ4n) is 1.95. The van der Waals surface area contributed by atoms with Gasteiger partial charge in [0.2, 0.25) is 0 Å². The fourth-order valence-corrected chi connectivity index (χ4v) is 1.95. The summed E-state index contributed by atoms with van der Waals surface area (Å²) in [5.41, 5.74) is 0.309. The van der Waals surface area contributed by atoms with Crippen molar-refractivity contribution in [3.63, 3.8) is 0 Å². The van der Waals surface area contributed by atoms with Crippen molar-refractivity contribution in [3.8, 4) is 5.75 Å². The van der Waals surface area contributed by atoms with Crippen molar-refractivity contribution in [2.24, 2.45) is 0 Å². The van der Waals surface area contributed by atoms with Crippen LogP contribution in [0.3, 0.4) is 0 Å². The molecule has 0 aromatic heterocycles. The molecule has 1 aromatic rings. The van der Waals surface area contributed by atoms with E-state index < -0.39 is 12.1 Å². The van der Waals surface area contributed by atoms with Gasteiger partial charge in [-0.15, -0.1) is 0 Å². The van der Waals surface area contributed by atoms with Crippen LogP contribution < -0.4 is 15.0 Å². The Morgan fingerprint density at radius 3 is 2.76 bits per heavy atom. The van der Waals surface area contributed by atoms with E-state index in [4.69, 9.17) is 4.74 Å². The number of benzene rings is 1. The molecule has 0 saturated heterocycles. The van der Waals surface area contributed by atoms with E-state index in [-0.39, 0.29) is 18.2 Å². The second-order valence-electron chi connectivity index (χ2n) is 4.47. The Balaban J connectivity index is 2.28. The Labute approximate surface area is 118 Å². The highest BCUT2D eigenvalue weighted by molar-refractivity contribution is 6.00. The average Bonchev–Trinajstić information content (AvgIpc) is 2.41. The number of ether oxygens (including phenoxy) is 1. The maximum atomic E-state index is 12.2. The predicted molar refractivity (Wildman–Crippen MR) is 69.3 cm³/mol. The number of rotatable bonds is 3. The molecule has 5 nitrogen and oxygen atoms in total. The topological polar surface area (TPSA) is 58.6 Å². The van der Waals surface area contributed by atoms with Crippen LogP contribution in [0.25, 0.3) is 0 Å². The number of amides is 2. The number of hydrogen-bond donors (Lipinski definition) is 1. The Morgan fingerprint density at radius 1 is 1.43 bits per heavy atom. The SMILES string of the molecule is CCCN1C(=O)COc2ccc(NC(=O)C(F)(F)F)cc21. The first-order valence-electron chi connectivity index (χ1n) is 6.28. The first-order chi connectivity index (χ1) is 9.82. The molecular formula is C13H13F3N2O3. The predicted octanol–water partition coefficient (Wildman–Crippen LogP) is 2.32. The third-order valence-electron chi connectivity index (χ3n) is 2.86. The van der Waals surface area contributed by atoms with Gasteiger partial charge in [-0.3, -0.25) is 9.59 Å². The molecule has 21 heavy (non-hydrogen) atoms. The van der Waals surface area contributed by atoms with Crippen LogP contribution in [0, 0.1) is 0 Å². The molecule has 1 aliphatic heterocycles. The summed E-state index contributed by atoms with van der Waals surface area (Å²) in [6.45, 7) is 2.19. The lowest BCUT2D eigenvalue weighted by Gasteiger charge is -2.29.